The Bertz CT molecular complexity index is 770. The van der Waals surface area contributed by atoms with Crippen LogP contribution in [0.3, 0.4) is 0 Å². The summed E-state index contributed by atoms with van der Waals surface area (Å²) in [5, 5.41) is 9.14. The number of hydrogen-bond acceptors (Lipinski definition) is 3. The van der Waals surface area contributed by atoms with Gasteiger partial charge in [-0.05, 0) is 48.6 Å². The van der Waals surface area contributed by atoms with Gasteiger partial charge in [-0.1, -0.05) is 18.2 Å². The third-order valence-corrected chi connectivity index (χ3v) is 6.21. The number of halogens is 3. The first-order valence-corrected chi connectivity index (χ1v) is 9.06. The van der Waals surface area contributed by atoms with Gasteiger partial charge in [0.1, 0.15) is 5.75 Å². The van der Waals surface area contributed by atoms with E-state index in [2.05, 4.69) is 4.74 Å². The summed E-state index contributed by atoms with van der Waals surface area (Å²) >= 11 is 0. The van der Waals surface area contributed by atoms with Crippen molar-refractivity contribution in [2.75, 3.05) is 13.1 Å². The third-order valence-electron chi connectivity index (χ3n) is 6.21. The van der Waals surface area contributed by atoms with Gasteiger partial charge in [-0.3, -0.25) is 9.59 Å². The zero-order valence-electron chi connectivity index (χ0n) is 14.5. The van der Waals surface area contributed by atoms with Crippen LogP contribution < -0.4 is 4.74 Å². The Hall–Kier alpha value is -2.25. The number of rotatable bonds is 4. The highest BCUT2D eigenvalue weighted by Crippen LogP contribution is 2.60. The van der Waals surface area contributed by atoms with Crippen molar-refractivity contribution in [2.45, 2.75) is 38.0 Å². The molecule has 2 saturated carbocycles. The molecule has 1 saturated heterocycles. The Labute approximate surface area is 154 Å². The van der Waals surface area contributed by atoms with Gasteiger partial charge in [-0.15, -0.1) is 13.2 Å². The van der Waals surface area contributed by atoms with Crippen LogP contribution in [0.2, 0.25) is 0 Å². The van der Waals surface area contributed by atoms with Crippen LogP contribution in [0.15, 0.2) is 24.3 Å². The van der Waals surface area contributed by atoms with Crippen LogP contribution in [0.4, 0.5) is 13.2 Å². The SMILES string of the molecule is O=C(O)C1CC12CCN(C(=O)C1CC1c1ccccc1OC(F)(F)F)CC2. The lowest BCUT2D eigenvalue weighted by Gasteiger charge is -2.33. The lowest BCUT2D eigenvalue weighted by molar-refractivity contribution is -0.274. The Morgan fingerprint density at radius 2 is 1.85 bits per heavy atom. The average molecular weight is 383 g/mol. The molecule has 0 aromatic heterocycles. The van der Waals surface area contributed by atoms with Gasteiger partial charge in [-0.25, -0.2) is 0 Å². The van der Waals surface area contributed by atoms with Crippen LogP contribution in [0, 0.1) is 17.3 Å². The van der Waals surface area contributed by atoms with E-state index in [0.29, 0.717) is 44.3 Å². The highest BCUT2D eigenvalue weighted by Gasteiger charge is 2.59. The molecule has 2 aliphatic carbocycles. The standard InChI is InChI=1S/C19H20F3NO4/c20-19(21,22)27-15-4-2-1-3-11(15)12-9-13(12)16(24)23-7-5-18(6-8-23)10-14(18)17(25)26/h1-4,12-14H,5-10H2,(H,25,26). The normalized spacial score (nSPS) is 28.7. The van der Waals surface area contributed by atoms with Crippen LogP contribution in [0.25, 0.3) is 0 Å². The molecule has 3 fully saturated rings. The second kappa shape index (κ2) is 6.14. The highest BCUT2D eigenvalue weighted by atomic mass is 19.4. The van der Waals surface area contributed by atoms with Gasteiger partial charge < -0.3 is 14.7 Å². The maximum absolute atomic E-state index is 12.7. The summed E-state index contributed by atoms with van der Waals surface area (Å²) in [6, 6.07) is 5.96. The molecule has 3 aliphatic rings. The van der Waals surface area contributed by atoms with E-state index in [4.69, 9.17) is 5.11 Å². The van der Waals surface area contributed by atoms with E-state index in [1.54, 1.807) is 17.0 Å². The van der Waals surface area contributed by atoms with E-state index in [1.807, 2.05) is 0 Å². The van der Waals surface area contributed by atoms with Gasteiger partial charge in [0.2, 0.25) is 5.91 Å². The monoisotopic (exact) mass is 383 g/mol. The topological polar surface area (TPSA) is 66.8 Å². The molecule has 0 radical (unpaired) electrons. The number of amides is 1. The minimum Gasteiger partial charge on any atom is -0.481 e. The molecule has 0 bridgehead atoms. The molecule has 1 heterocycles. The van der Waals surface area contributed by atoms with Crippen LogP contribution in [-0.2, 0) is 9.59 Å². The van der Waals surface area contributed by atoms with E-state index in [1.165, 1.54) is 12.1 Å². The number of benzene rings is 1. The first-order chi connectivity index (χ1) is 12.7. The minimum absolute atomic E-state index is 0.0517. The van der Waals surface area contributed by atoms with Crippen molar-refractivity contribution in [2.24, 2.45) is 17.3 Å². The van der Waals surface area contributed by atoms with Crippen molar-refractivity contribution in [1.82, 2.24) is 4.90 Å². The van der Waals surface area contributed by atoms with Gasteiger partial charge in [0, 0.05) is 19.0 Å². The predicted molar refractivity (Wildman–Crippen MR) is 88.0 cm³/mol. The number of hydrogen-bond donors (Lipinski definition) is 1. The van der Waals surface area contributed by atoms with Crippen LogP contribution in [0.5, 0.6) is 5.75 Å². The molecule has 1 aromatic carbocycles. The smallest absolute Gasteiger partial charge is 0.481 e. The zero-order valence-corrected chi connectivity index (χ0v) is 14.5. The lowest BCUT2D eigenvalue weighted by Crippen LogP contribution is -2.41. The van der Waals surface area contributed by atoms with Gasteiger partial charge in [0.05, 0.1) is 5.92 Å². The maximum atomic E-state index is 12.7. The highest BCUT2D eigenvalue weighted by molar-refractivity contribution is 5.83. The molecule has 27 heavy (non-hydrogen) atoms. The zero-order chi connectivity index (χ0) is 19.4. The molecule has 3 atom stereocenters. The summed E-state index contributed by atoms with van der Waals surface area (Å²) in [6.07, 6.45) is -2.21. The number of alkyl halides is 3. The second-order valence-corrected chi connectivity index (χ2v) is 7.82. The Morgan fingerprint density at radius 3 is 2.44 bits per heavy atom. The number of ether oxygens (including phenoxy) is 1. The van der Waals surface area contributed by atoms with Gasteiger partial charge in [-0.2, -0.15) is 0 Å². The molecule has 1 amide bonds. The summed E-state index contributed by atoms with van der Waals surface area (Å²) in [5.74, 6) is -1.95. The summed E-state index contributed by atoms with van der Waals surface area (Å²) in [4.78, 5) is 25.6. The summed E-state index contributed by atoms with van der Waals surface area (Å²) in [6.45, 7) is 1.04. The molecule has 1 N–H and O–H groups in total. The van der Waals surface area contributed by atoms with Gasteiger partial charge in [0.25, 0.3) is 0 Å². The number of piperidine rings is 1. The third kappa shape index (κ3) is 3.49. The summed E-state index contributed by atoms with van der Waals surface area (Å²) in [7, 11) is 0. The van der Waals surface area contributed by atoms with Crippen LogP contribution >= 0.6 is 0 Å². The molecular formula is C19H20F3NO4. The number of likely N-dealkylation sites (tertiary alicyclic amines) is 1. The summed E-state index contributed by atoms with van der Waals surface area (Å²) in [5.41, 5.74) is 0.258. The van der Waals surface area contributed by atoms with Crippen molar-refractivity contribution in [3.63, 3.8) is 0 Å². The van der Waals surface area contributed by atoms with E-state index < -0.39 is 12.3 Å². The van der Waals surface area contributed by atoms with Crippen molar-refractivity contribution in [3.05, 3.63) is 29.8 Å². The van der Waals surface area contributed by atoms with Crippen molar-refractivity contribution in [1.29, 1.82) is 0 Å². The van der Waals surface area contributed by atoms with Crippen LogP contribution in [0.1, 0.15) is 37.2 Å². The Kier molecular flexibility index (Phi) is 4.12. The molecule has 3 unspecified atom stereocenters. The molecule has 1 aromatic rings. The largest absolute Gasteiger partial charge is 0.573 e. The number of aliphatic carboxylic acids is 1. The Morgan fingerprint density at radius 1 is 1.19 bits per heavy atom. The molecule has 1 spiro atoms. The average Bonchev–Trinajstić information content (AvgIpc) is 3.49. The van der Waals surface area contributed by atoms with E-state index in [-0.39, 0.29) is 34.8 Å². The lowest BCUT2D eigenvalue weighted by atomic mass is 9.90. The summed E-state index contributed by atoms with van der Waals surface area (Å²) < 4.78 is 41.8. The molecule has 5 nitrogen and oxygen atoms in total. The molecular weight excluding hydrogens is 363 g/mol. The fourth-order valence-corrected chi connectivity index (χ4v) is 4.47. The molecule has 8 heteroatoms. The number of carboxylic acids is 1. The van der Waals surface area contributed by atoms with E-state index >= 15 is 0 Å². The van der Waals surface area contributed by atoms with E-state index in [9.17, 15) is 22.8 Å². The maximum Gasteiger partial charge on any atom is 0.573 e. The van der Waals surface area contributed by atoms with Gasteiger partial charge in [0.15, 0.2) is 0 Å². The number of carboxylic acid groups (broad SMARTS) is 1. The van der Waals surface area contributed by atoms with Crippen molar-refractivity contribution < 1.29 is 32.6 Å². The fraction of sp³-hybridized carbons (Fsp3) is 0.579. The number of carbonyl (C=O) groups excluding carboxylic acids is 1. The second-order valence-electron chi connectivity index (χ2n) is 7.82. The van der Waals surface area contributed by atoms with E-state index in [0.717, 1.165) is 0 Å². The first-order valence-electron chi connectivity index (χ1n) is 9.06. The number of carbonyl (C=O) groups is 2. The Balaban J connectivity index is 1.37. The minimum atomic E-state index is -4.77. The predicted octanol–water partition coefficient (Wildman–Crippen LogP) is 3.40. The van der Waals surface area contributed by atoms with Crippen molar-refractivity contribution >= 4 is 11.9 Å². The van der Waals surface area contributed by atoms with Crippen molar-refractivity contribution in [3.8, 4) is 5.75 Å². The number of nitrogens with zero attached hydrogens (tertiary/aromatic N) is 1. The quantitative estimate of drug-likeness (QED) is 0.865. The first kappa shape index (κ1) is 18.1. The molecule has 4 rings (SSSR count). The number of para-hydroxylation sites is 1. The van der Waals surface area contributed by atoms with Crippen LogP contribution in [-0.4, -0.2) is 41.3 Å². The van der Waals surface area contributed by atoms with Gasteiger partial charge >= 0.3 is 12.3 Å². The molecule has 146 valence electrons. The molecule has 1 aliphatic heterocycles. The fourth-order valence-electron chi connectivity index (χ4n) is 4.47.